The highest BCUT2D eigenvalue weighted by atomic mass is 16.5. The zero-order valence-electron chi connectivity index (χ0n) is 9.78. The Kier molecular flexibility index (Phi) is 2.69. The van der Waals surface area contributed by atoms with E-state index in [0.29, 0.717) is 5.76 Å². The fourth-order valence-electron chi connectivity index (χ4n) is 1.81. The summed E-state index contributed by atoms with van der Waals surface area (Å²) in [4.78, 5) is 13.0. The van der Waals surface area contributed by atoms with Crippen LogP contribution in [0.4, 0.5) is 5.69 Å². The number of carbonyl (C=O) groups is 1. The third-order valence-electron chi connectivity index (χ3n) is 2.64. The number of ether oxygens (including phenoxy) is 1. The lowest BCUT2D eigenvalue weighted by Gasteiger charge is -2.14. The number of hydrogen-bond acceptors (Lipinski definition) is 3. The molecule has 3 nitrogen and oxygen atoms in total. The molecule has 3 heteroatoms. The van der Waals surface area contributed by atoms with E-state index in [0.717, 1.165) is 17.7 Å². The molecule has 0 amide bonds. The van der Waals surface area contributed by atoms with Gasteiger partial charge in [0.1, 0.15) is 5.76 Å². The van der Waals surface area contributed by atoms with Gasteiger partial charge in [0.25, 0.3) is 0 Å². The summed E-state index contributed by atoms with van der Waals surface area (Å²) in [7, 11) is 3.98. The largest absolute Gasteiger partial charge is 0.426 e. The molecular formula is C13H15NO2. The normalized spacial score (nSPS) is 13.1. The summed E-state index contributed by atoms with van der Waals surface area (Å²) in [5.74, 6) is 0.417. The summed E-state index contributed by atoms with van der Waals surface area (Å²) >= 11 is 0. The fraction of sp³-hybridized carbons (Fsp3) is 0.308. The van der Waals surface area contributed by atoms with Crippen molar-refractivity contribution in [2.75, 3.05) is 19.0 Å². The monoisotopic (exact) mass is 217 g/mol. The number of benzene rings is 1. The van der Waals surface area contributed by atoms with Crippen LogP contribution in [-0.4, -0.2) is 20.1 Å². The van der Waals surface area contributed by atoms with Gasteiger partial charge in [-0.15, -0.1) is 0 Å². The number of esters is 1. The van der Waals surface area contributed by atoms with Crippen LogP contribution in [0.3, 0.4) is 0 Å². The van der Waals surface area contributed by atoms with Gasteiger partial charge in [-0.25, -0.2) is 0 Å². The van der Waals surface area contributed by atoms with Gasteiger partial charge in [0.15, 0.2) is 0 Å². The molecule has 0 radical (unpaired) electrons. The van der Waals surface area contributed by atoms with Gasteiger partial charge >= 0.3 is 5.97 Å². The van der Waals surface area contributed by atoms with E-state index in [1.165, 1.54) is 12.5 Å². The predicted molar refractivity (Wildman–Crippen MR) is 64.2 cm³/mol. The van der Waals surface area contributed by atoms with Crippen LogP contribution in [0.1, 0.15) is 18.1 Å². The van der Waals surface area contributed by atoms with E-state index in [2.05, 4.69) is 18.2 Å². The van der Waals surface area contributed by atoms with Crippen molar-refractivity contribution in [2.24, 2.45) is 0 Å². The Bertz CT molecular complexity index is 461. The topological polar surface area (TPSA) is 29.5 Å². The van der Waals surface area contributed by atoms with Crippen molar-refractivity contribution in [1.82, 2.24) is 0 Å². The molecule has 0 bridgehead atoms. The molecule has 0 saturated heterocycles. The summed E-state index contributed by atoms with van der Waals surface area (Å²) < 4.78 is 5.18. The maximum Gasteiger partial charge on any atom is 0.308 e. The van der Waals surface area contributed by atoms with Gasteiger partial charge in [0, 0.05) is 32.3 Å². The Labute approximate surface area is 95.3 Å². The van der Waals surface area contributed by atoms with E-state index in [-0.39, 0.29) is 5.97 Å². The average Bonchev–Trinajstić information content (AvgIpc) is 2.60. The predicted octanol–water partition coefficient (Wildman–Crippen LogP) is 2.21. The molecule has 1 aromatic rings. The minimum absolute atomic E-state index is 0.269. The SMILES string of the molecule is CC(=O)OC1=CCc2ccc(N(C)C)cc21. The standard InChI is InChI=1S/C13H15NO2/c1-9(15)16-13-7-5-10-4-6-11(14(2)3)8-12(10)13/h4,6-8H,5H2,1-3H3. The minimum Gasteiger partial charge on any atom is -0.426 e. The summed E-state index contributed by atoms with van der Waals surface area (Å²) in [5.41, 5.74) is 3.35. The number of fused-ring (bicyclic) bond motifs is 1. The maximum atomic E-state index is 11.0. The van der Waals surface area contributed by atoms with Crippen molar-refractivity contribution < 1.29 is 9.53 Å². The third-order valence-corrected chi connectivity index (χ3v) is 2.64. The Morgan fingerprint density at radius 3 is 2.75 bits per heavy atom. The van der Waals surface area contributed by atoms with Gasteiger partial charge < -0.3 is 9.64 Å². The summed E-state index contributed by atoms with van der Waals surface area (Å²) in [5, 5.41) is 0. The highest BCUT2D eigenvalue weighted by Gasteiger charge is 2.17. The zero-order chi connectivity index (χ0) is 11.7. The van der Waals surface area contributed by atoms with Crippen LogP contribution in [0, 0.1) is 0 Å². The number of rotatable bonds is 2. The lowest BCUT2D eigenvalue weighted by molar-refractivity contribution is -0.134. The first-order chi connectivity index (χ1) is 7.58. The second kappa shape index (κ2) is 4.00. The number of hydrogen-bond donors (Lipinski definition) is 0. The summed E-state index contributed by atoms with van der Waals surface area (Å²) in [6.07, 6.45) is 2.79. The smallest absolute Gasteiger partial charge is 0.308 e. The summed E-state index contributed by atoms with van der Waals surface area (Å²) in [6, 6.07) is 6.21. The number of carbonyl (C=O) groups excluding carboxylic acids is 1. The molecule has 0 fully saturated rings. The van der Waals surface area contributed by atoms with E-state index < -0.39 is 0 Å². The molecule has 84 valence electrons. The maximum absolute atomic E-state index is 11.0. The highest BCUT2D eigenvalue weighted by Crippen LogP contribution is 2.31. The fourth-order valence-corrected chi connectivity index (χ4v) is 1.81. The number of anilines is 1. The molecule has 0 aromatic heterocycles. The van der Waals surface area contributed by atoms with Gasteiger partial charge in [0.2, 0.25) is 0 Å². The summed E-state index contributed by atoms with van der Waals surface area (Å²) in [6.45, 7) is 1.43. The lowest BCUT2D eigenvalue weighted by Crippen LogP contribution is -2.09. The Morgan fingerprint density at radius 2 is 2.12 bits per heavy atom. The van der Waals surface area contributed by atoms with Gasteiger partial charge in [-0.05, 0) is 30.2 Å². The molecule has 0 atom stereocenters. The van der Waals surface area contributed by atoms with E-state index in [1.54, 1.807) is 0 Å². The van der Waals surface area contributed by atoms with E-state index in [4.69, 9.17) is 4.74 Å². The van der Waals surface area contributed by atoms with Crippen molar-refractivity contribution in [1.29, 1.82) is 0 Å². The Hall–Kier alpha value is -1.77. The van der Waals surface area contributed by atoms with Crippen LogP contribution < -0.4 is 4.90 Å². The number of allylic oxidation sites excluding steroid dienone is 1. The Balaban J connectivity index is 2.34. The first-order valence-electron chi connectivity index (χ1n) is 5.27. The molecule has 0 saturated carbocycles. The molecule has 1 aliphatic carbocycles. The van der Waals surface area contributed by atoms with Crippen molar-refractivity contribution in [3.63, 3.8) is 0 Å². The van der Waals surface area contributed by atoms with Crippen LogP contribution in [0.15, 0.2) is 24.3 Å². The van der Waals surface area contributed by atoms with Crippen molar-refractivity contribution >= 4 is 17.4 Å². The van der Waals surface area contributed by atoms with Crippen molar-refractivity contribution in [3.05, 3.63) is 35.4 Å². The first-order valence-corrected chi connectivity index (χ1v) is 5.27. The van der Waals surface area contributed by atoms with Crippen LogP contribution in [0.2, 0.25) is 0 Å². The molecule has 1 aromatic carbocycles. The molecule has 16 heavy (non-hydrogen) atoms. The second-order valence-electron chi connectivity index (χ2n) is 4.10. The average molecular weight is 217 g/mol. The lowest BCUT2D eigenvalue weighted by atomic mass is 10.1. The van der Waals surface area contributed by atoms with Crippen molar-refractivity contribution in [2.45, 2.75) is 13.3 Å². The van der Waals surface area contributed by atoms with Gasteiger partial charge in [-0.3, -0.25) is 4.79 Å². The number of nitrogens with zero attached hydrogens (tertiary/aromatic N) is 1. The van der Waals surface area contributed by atoms with Crippen LogP contribution in [0.25, 0.3) is 5.76 Å². The van der Waals surface area contributed by atoms with Gasteiger partial charge in [0.05, 0.1) is 0 Å². The van der Waals surface area contributed by atoms with Crippen LogP contribution >= 0.6 is 0 Å². The van der Waals surface area contributed by atoms with Crippen LogP contribution in [-0.2, 0) is 16.0 Å². The molecular weight excluding hydrogens is 202 g/mol. The first kappa shape index (κ1) is 10.7. The molecule has 0 heterocycles. The third kappa shape index (κ3) is 1.94. The second-order valence-corrected chi connectivity index (χ2v) is 4.10. The molecule has 2 rings (SSSR count). The van der Waals surface area contributed by atoms with E-state index >= 15 is 0 Å². The minimum atomic E-state index is -0.269. The van der Waals surface area contributed by atoms with E-state index in [9.17, 15) is 4.79 Å². The Morgan fingerprint density at radius 1 is 1.38 bits per heavy atom. The van der Waals surface area contributed by atoms with Crippen LogP contribution in [0.5, 0.6) is 0 Å². The molecule has 1 aliphatic rings. The van der Waals surface area contributed by atoms with E-state index in [1.807, 2.05) is 25.1 Å². The highest BCUT2D eigenvalue weighted by molar-refractivity contribution is 5.80. The zero-order valence-corrected chi connectivity index (χ0v) is 9.78. The molecule has 0 spiro atoms. The molecule has 0 N–H and O–H groups in total. The van der Waals surface area contributed by atoms with Gasteiger partial charge in [-0.2, -0.15) is 0 Å². The van der Waals surface area contributed by atoms with Gasteiger partial charge in [-0.1, -0.05) is 6.07 Å². The molecule has 0 unspecified atom stereocenters. The molecule has 0 aliphatic heterocycles. The van der Waals surface area contributed by atoms with Crippen molar-refractivity contribution in [3.8, 4) is 0 Å². The quantitative estimate of drug-likeness (QED) is 0.711.